The van der Waals surface area contributed by atoms with Crippen molar-refractivity contribution in [1.29, 1.82) is 0 Å². The number of benzene rings is 3. The minimum atomic E-state index is -3.66. The second-order valence-corrected chi connectivity index (χ2v) is 18.3. The molecule has 3 aromatic carbocycles. The Kier molecular flexibility index (Phi) is 22.6. The molecule has 0 radical (unpaired) electrons. The Morgan fingerprint density at radius 3 is 1.71 bits per heavy atom. The average Bonchev–Trinajstić information content (AvgIpc) is 3.78. The van der Waals surface area contributed by atoms with Crippen molar-refractivity contribution in [3.63, 3.8) is 0 Å². The molecule has 0 saturated heterocycles. The van der Waals surface area contributed by atoms with E-state index in [1.165, 1.54) is 34.9 Å². The summed E-state index contributed by atoms with van der Waals surface area (Å²) in [5.74, 6) is 0.174. The molecule has 5 rings (SSSR count). The first-order valence-electron chi connectivity index (χ1n) is 23.0. The summed E-state index contributed by atoms with van der Waals surface area (Å²) in [6, 6.07) is 15.5. The van der Waals surface area contributed by atoms with Crippen LogP contribution in [0.3, 0.4) is 0 Å². The van der Waals surface area contributed by atoms with Gasteiger partial charge in [0.15, 0.2) is 9.84 Å². The number of fused-ring (bicyclic) bond motifs is 1. The van der Waals surface area contributed by atoms with Gasteiger partial charge in [0.25, 0.3) is 11.5 Å². The normalized spacial score (nSPS) is 11.8. The molecule has 0 aliphatic carbocycles. The number of nitrogens with zero attached hydrogens (tertiary/aromatic N) is 1. The average molecular weight is 984 g/mol. The van der Waals surface area contributed by atoms with Crippen molar-refractivity contribution in [2.24, 2.45) is 7.05 Å². The van der Waals surface area contributed by atoms with E-state index in [0.29, 0.717) is 151 Å². The molecule has 69 heavy (non-hydrogen) atoms. The van der Waals surface area contributed by atoms with Crippen molar-refractivity contribution >= 4 is 32.3 Å². The van der Waals surface area contributed by atoms with Crippen LogP contribution in [-0.4, -0.2) is 141 Å². The molecule has 0 fully saturated rings. The molecular formula is C50H66FN3O14S. The van der Waals surface area contributed by atoms with Crippen LogP contribution < -0.4 is 20.3 Å². The van der Waals surface area contributed by atoms with E-state index < -0.39 is 27.1 Å². The Bertz CT molecular complexity index is 2520. The Labute approximate surface area is 403 Å². The molecule has 0 bridgehead atoms. The second kappa shape index (κ2) is 28.4. The van der Waals surface area contributed by atoms with E-state index >= 15 is 0 Å². The van der Waals surface area contributed by atoms with Gasteiger partial charge >= 0.3 is 0 Å². The van der Waals surface area contributed by atoms with Crippen LogP contribution in [0.1, 0.15) is 42.4 Å². The zero-order chi connectivity index (χ0) is 49.6. The van der Waals surface area contributed by atoms with E-state index in [1.54, 1.807) is 64.3 Å². The molecule has 0 aliphatic heterocycles. The maximum atomic E-state index is 14.2. The van der Waals surface area contributed by atoms with Gasteiger partial charge in [-0.05, 0) is 99.5 Å². The topological polar surface area (TPSA) is 193 Å². The number of carbonyl (C=O) groups is 1. The van der Waals surface area contributed by atoms with E-state index in [-0.39, 0.29) is 33.7 Å². The molecule has 0 unspecified atom stereocenters. The molecule has 2 aromatic heterocycles. The molecule has 2 N–H and O–H groups in total. The van der Waals surface area contributed by atoms with Gasteiger partial charge < -0.3 is 62.2 Å². The highest BCUT2D eigenvalue weighted by Gasteiger charge is 2.23. The summed E-state index contributed by atoms with van der Waals surface area (Å²) in [5, 5.41) is 3.21. The second-order valence-electron chi connectivity index (χ2n) is 16.0. The van der Waals surface area contributed by atoms with Crippen LogP contribution in [0.15, 0.2) is 76.6 Å². The van der Waals surface area contributed by atoms with Gasteiger partial charge in [-0.25, -0.2) is 12.8 Å². The van der Waals surface area contributed by atoms with E-state index in [2.05, 4.69) is 10.3 Å². The number of hydrogen-bond acceptors (Lipinski definition) is 14. The SMILES string of the molecule is CCS(=O)(=O)c1ccc(Oc2c(C)cc(F)cc2C)c(-c2cn(C)c(=O)c3[nH]c(C(=O)Nc4ccc(OCCOCCOCCOCCOCCOCCOCCOCCOC(C)C)cc4)cc23)c1. The van der Waals surface area contributed by atoms with Crippen LogP contribution in [0.25, 0.3) is 22.0 Å². The van der Waals surface area contributed by atoms with Crippen molar-refractivity contribution in [3.05, 3.63) is 99.9 Å². The van der Waals surface area contributed by atoms with Crippen LogP contribution in [0.2, 0.25) is 0 Å². The van der Waals surface area contributed by atoms with Gasteiger partial charge in [-0.1, -0.05) is 6.92 Å². The van der Waals surface area contributed by atoms with Gasteiger partial charge in [-0.3, -0.25) is 9.59 Å². The number of H-pyrrole nitrogens is 1. The largest absolute Gasteiger partial charge is 0.491 e. The Balaban J connectivity index is 0.994. The van der Waals surface area contributed by atoms with Crippen LogP contribution in [0.4, 0.5) is 10.1 Å². The van der Waals surface area contributed by atoms with Crippen molar-refractivity contribution in [1.82, 2.24) is 9.55 Å². The van der Waals surface area contributed by atoms with Crippen LogP contribution >= 0.6 is 0 Å². The number of anilines is 1. The van der Waals surface area contributed by atoms with Gasteiger partial charge in [0.05, 0.1) is 116 Å². The van der Waals surface area contributed by atoms with Crippen molar-refractivity contribution in [2.75, 3.05) is 117 Å². The summed E-state index contributed by atoms with van der Waals surface area (Å²) in [4.78, 5) is 30.0. The van der Waals surface area contributed by atoms with Gasteiger partial charge in [0, 0.05) is 35.4 Å². The number of aromatic nitrogens is 2. The van der Waals surface area contributed by atoms with E-state index in [0.717, 1.165) is 0 Å². The fraction of sp³-hybridized carbons (Fsp3) is 0.480. The number of nitrogens with one attached hydrogen (secondary N) is 2. The maximum absolute atomic E-state index is 14.2. The van der Waals surface area contributed by atoms with E-state index in [1.807, 2.05) is 13.8 Å². The van der Waals surface area contributed by atoms with Crippen molar-refractivity contribution in [2.45, 2.75) is 45.6 Å². The molecule has 1 amide bonds. The number of pyridine rings is 1. The third-order valence-corrected chi connectivity index (χ3v) is 12.1. The van der Waals surface area contributed by atoms with Gasteiger partial charge in [-0.15, -0.1) is 0 Å². The number of halogens is 1. The van der Waals surface area contributed by atoms with Crippen molar-refractivity contribution in [3.8, 4) is 28.4 Å². The summed E-state index contributed by atoms with van der Waals surface area (Å²) in [6.45, 7) is 16.3. The lowest BCUT2D eigenvalue weighted by Crippen LogP contribution is -2.17. The third-order valence-electron chi connectivity index (χ3n) is 10.3. The number of rotatable bonds is 33. The molecule has 378 valence electrons. The van der Waals surface area contributed by atoms with E-state index in [9.17, 15) is 22.4 Å². The number of aryl methyl sites for hydroxylation is 3. The number of aromatic amines is 1. The highest BCUT2D eigenvalue weighted by atomic mass is 32.2. The van der Waals surface area contributed by atoms with Gasteiger partial charge in [0.2, 0.25) is 0 Å². The first kappa shape index (κ1) is 54.7. The summed E-state index contributed by atoms with van der Waals surface area (Å²) in [5.41, 5.74) is 2.16. The van der Waals surface area contributed by atoms with Crippen LogP contribution in [0.5, 0.6) is 17.2 Å². The predicted octanol–water partition coefficient (Wildman–Crippen LogP) is 7.05. The number of hydrogen-bond donors (Lipinski definition) is 2. The van der Waals surface area contributed by atoms with Gasteiger partial charge in [0.1, 0.15) is 40.9 Å². The molecule has 5 aromatic rings. The molecule has 0 aliphatic rings. The van der Waals surface area contributed by atoms with E-state index in [4.69, 9.17) is 47.4 Å². The third kappa shape index (κ3) is 17.6. The summed E-state index contributed by atoms with van der Waals surface area (Å²) >= 11 is 0. The number of ether oxygens (including phenoxy) is 10. The molecule has 17 nitrogen and oxygen atoms in total. The molecule has 2 heterocycles. The fourth-order valence-electron chi connectivity index (χ4n) is 6.82. The maximum Gasteiger partial charge on any atom is 0.274 e. The first-order chi connectivity index (χ1) is 33.3. The smallest absolute Gasteiger partial charge is 0.274 e. The quantitative estimate of drug-likeness (QED) is 0.0407. The highest BCUT2D eigenvalue weighted by molar-refractivity contribution is 7.91. The highest BCUT2D eigenvalue weighted by Crippen LogP contribution is 2.40. The summed E-state index contributed by atoms with van der Waals surface area (Å²) in [6.07, 6.45) is 1.77. The molecule has 0 saturated carbocycles. The summed E-state index contributed by atoms with van der Waals surface area (Å²) in [7, 11) is -2.10. The predicted molar refractivity (Wildman–Crippen MR) is 259 cm³/mol. The summed E-state index contributed by atoms with van der Waals surface area (Å²) < 4.78 is 97.7. The molecule has 0 spiro atoms. The Morgan fingerprint density at radius 1 is 0.696 bits per heavy atom. The van der Waals surface area contributed by atoms with Gasteiger partial charge in [-0.2, -0.15) is 0 Å². The first-order valence-corrected chi connectivity index (χ1v) is 24.7. The lowest BCUT2D eigenvalue weighted by atomic mass is 10.0. The number of sulfone groups is 1. The fourth-order valence-corrected chi connectivity index (χ4v) is 7.73. The Hall–Kier alpha value is -5.22. The molecular weight excluding hydrogens is 918 g/mol. The minimum absolute atomic E-state index is 0.0518. The van der Waals surface area contributed by atoms with Crippen LogP contribution in [0, 0.1) is 19.7 Å². The lowest BCUT2D eigenvalue weighted by Gasteiger charge is -2.17. The Morgan fingerprint density at radius 2 is 1.20 bits per heavy atom. The van der Waals surface area contributed by atoms with Crippen molar-refractivity contribution < 1.29 is 65.0 Å². The number of carbonyl (C=O) groups excluding carboxylic acids is 1. The zero-order valence-electron chi connectivity index (χ0n) is 40.4. The molecule has 19 heteroatoms. The molecule has 0 atom stereocenters. The minimum Gasteiger partial charge on any atom is -0.491 e. The zero-order valence-corrected chi connectivity index (χ0v) is 41.2. The standard InChI is InChI=1S/C50H66FN3O14S/c1-7-69(57,58)41-12-13-46(68-48-36(4)30-38(51)31-37(48)5)42(32-41)44-34-54(6)50(56)47-43(44)33-45(53-47)49(55)52-39-8-10-40(11-9-39)67-29-27-65-25-23-63-21-19-61-17-15-59-14-16-60-18-20-62-22-24-64-26-28-66-35(2)3/h8-13,30-35,53H,7,14-29H2,1-6H3,(H,52,55). The van der Waals surface area contributed by atoms with Crippen LogP contribution in [-0.2, 0) is 54.8 Å². The lowest BCUT2D eigenvalue weighted by molar-refractivity contribution is -0.0259. The number of amides is 1. The monoisotopic (exact) mass is 983 g/mol.